The van der Waals surface area contributed by atoms with E-state index in [0.717, 1.165) is 11.1 Å². The van der Waals surface area contributed by atoms with Crippen molar-refractivity contribution in [3.8, 4) is 0 Å². The van der Waals surface area contributed by atoms with Crippen molar-refractivity contribution < 1.29 is 9.18 Å². The van der Waals surface area contributed by atoms with Crippen molar-refractivity contribution in [3.63, 3.8) is 0 Å². The summed E-state index contributed by atoms with van der Waals surface area (Å²) in [5.74, 6) is -0.468. The monoisotopic (exact) mass is 273 g/mol. The van der Waals surface area contributed by atoms with Crippen molar-refractivity contribution >= 4 is 17.4 Å². The van der Waals surface area contributed by atoms with Gasteiger partial charge in [0.25, 0.3) is 0 Å². The van der Waals surface area contributed by atoms with E-state index in [0.29, 0.717) is 12.2 Å². The summed E-state index contributed by atoms with van der Waals surface area (Å²) in [5.41, 5.74) is 8.11. The molecule has 0 saturated carbocycles. The zero-order valence-electron chi connectivity index (χ0n) is 11.1. The third kappa shape index (κ3) is 3.55. The maximum Gasteiger partial charge on any atom is 0.323 e. The summed E-state index contributed by atoms with van der Waals surface area (Å²) < 4.78 is 13.5. The fourth-order valence-corrected chi connectivity index (χ4v) is 1.74. The average molecular weight is 273 g/mol. The molecule has 104 valence electrons. The Morgan fingerprint density at radius 3 is 2.50 bits per heavy atom. The topological polar surface area (TPSA) is 67.2 Å². The minimum absolute atomic E-state index is 0.154. The van der Waals surface area contributed by atoms with Crippen LogP contribution in [-0.4, -0.2) is 6.03 Å². The molecule has 0 spiro atoms. The molecule has 2 amide bonds. The van der Waals surface area contributed by atoms with Crippen LogP contribution in [0.25, 0.3) is 0 Å². The number of aryl methyl sites for hydroxylation is 1. The van der Waals surface area contributed by atoms with E-state index in [4.69, 9.17) is 5.73 Å². The zero-order chi connectivity index (χ0) is 14.5. The molecule has 4 N–H and O–H groups in total. The molecule has 0 aliphatic heterocycles. The predicted octanol–water partition coefficient (Wildman–Crippen LogP) is 3.24. The Labute approximate surface area is 116 Å². The number of anilines is 2. The SMILES string of the molecule is Cc1ccc(F)c(NC(=O)Nc2ccc(CN)cc2)c1. The van der Waals surface area contributed by atoms with Crippen LogP contribution in [0.5, 0.6) is 0 Å². The van der Waals surface area contributed by atoms with Gasteiger partial charge in [-0.3, -0.25) is 0 Å². The second-order valence-corrected chi connectivity index (χ2v) is 4.46. The molecule has 0 aliphatic rings. The Hall–Kier alpha value is -2.40. The van der Waals surface area contributed by atoms with E-state index < -0.39 is 11.8 Å². The standard InChI is InChI=1S/C15H16FN3O/c1-10-2-7-13(16)14(8-10)19-15(20)18-12-5-3-11(9-17)4-6-12/h2-8H,9,17H2,1H3,(H2,18,19,20). The Morgan fingerprint density at radius 2 is 1.85 bits per heavy atom. The largest absolute Gasteiger partial charge is 0.326 e. The highest BCUT2D eigenvalue weighted by atomic mass is 19.1. The Kier molecular flexibility index (Phi) is 4.32. The lowest BCUT2D eigenvalue weighted by molar-refractivity contribution is 0.262. The van der Waals surface area contributed by atoms with E-state index in [-0.39, 0.29) is 5.69 Å². The second-order valence-electron chi connectivity index (χ2n) is 4.46. The summed E-state index contributed by atoms with van der Waals surface area (Å²) in [4.78, 5) is 11.8. The lowest BCUT2D eigenvalue weighted by Gasteiger charge is -2.09. The smallest absolute Gasteiger partial charge is 0.323 e. The summed E-state index contributed by atoms with van der Waals surface area (Å²) in [6, 6.07) is 11.2. The molecule has 0 aromatic heterocycles. The molecule has 0 saturated heterocycles. The van der Waals surface area contributed by atoms with E-state index in [1.807, 2.05) is 19.1 Å². The predicted molar refractivity (Wildman–Crippen MR) is 78.1 cm³/mol. The van der Waals surface area contributed by atoms with Gasteiger partial charge in [0.1, 0.15) is 5.82 Å². The summed E-state index contributed by atoms with van der Waals surface area (Å²) in [6.07, 6.45) is 0. The molecule has 0 unspecified atom stereocenters. The highest BCUT2D eigenvalue weighted by Gasteiger charge is 2.07. The number of carbonyl (C=O) groups excluding carboxylic acids is 1. The third-order valence-electron chi connectivity index (χ3n) is 2.82. The summed E-state index contributed by atoms with van der Waals surface area (Å²) in [6.45, 7) is 2.27. The number of halogens is 1. The van der Waals surface area contributed by atoms with Crippen LogP contribution in [0.3, 0.4) is 0 Å². The summed E-state index contributed by atoms with van der Waals surface area (Å²) >= 11 is 0. The summed E-state index contributed by atoms with van der Waals surface area (Å²) in [7, 11) is 0. The average Bonchev–Trinajstić information content (AvgIpc) is 2.43. The second kappa shape index (κ2) is 6.16. The molecule has 5 heteroatoms. The van der Waals surface area contributed by atoms with Crippen molar-refractivity contribution in [1.82, 2.24) is 0 Å². The highest BCUT2D eigenvalue weighted by molar-refractivity contribution is 5.99. The van der Waals surface area contributed by atoms with Crippen LogP contribution in [-0.2, 0) is 6.54 Å². The maximum absolute atomic E-state index is 13.5. The molecule has 2 aromatic rings. The van der Waals surface area contributed by atoms with Gasteiger partial charge in [-0.2, -0.15) is 0 Å². The number of carbonyl (C=O) groups is 1. The Balaban J connectivity index is 2.03. The molecular formula is C15H16FN3O. The molecule has 0 heterocycles. The quantitative estimate of drug-likeness (QED) is 0.803. The number of urea groups is 1. The van der Waals surface area contributed by atoms with Gasteiger partial charge in [-0.05, 0) is 42.3 Å². The normalized spacial score (nSPS) is 10.2. The Bertz CT molecular complexity index is 611. The van der Waals surface area contributed by atoms with Crippen LogP contribution >= 0.6 is 0 Å². The van der Waals surface area contributed by atoms with Gasteiger partial charge in [0.05, 0.1) is 5.69 Å². The van der Waals surface area contributed by atoms with Gasteiger partial charge in [-0.15, -0.1) is 0 Å². The number of nitrogens with two attached hydrogens (primary N) is 1. The van der Waals surface area contributed by atoms with Crippen LogP contribution in [0.2, 0.25) is 0 Å². The highest BCUT2D eigenvalue weighted by Crippen LogP contribution is 2.16. The first-order valence-corrected chi connectivity index (χ1v) is 6.21. The molecule has 0 bridgehead atoms. The fraction of sp³-hybridized carbons (Fsp3) is 0.133. The van der Waals surface area contributed by atoms with E-state index in [9.17, 15) is 9.18 Å². The van der Waals surface area contributed by atoms with Gasteiger partial charge >= 0.3 is 6.03 Å². The molecule has 0 radical (unpaired) electrons. The third-order valence-corrected chi connectivity index (χ3v) is 2.82. The van der Waals surface area contributed by atoms with Crippen LogP contribution in [0.15, 0.2) is 42.5 Å². The van der Waals surface area contributed by atoms with Crippen LogP contribution < -0.4 is 16.4 Å². The zero-order valence-corrected chi connectivity index (χ0v) is 11.1. The van der Waals surface area contributed by atoms with E-state index in [2.05, 4.69) is 10.6 Å². The number of benzene rings is 2. The number of hydrogen-bond acceptors (Lipinski definition) is 2. The Morgan fingerprint density at radius 1 is 1.15 bits per heavy atom. The fourth-order valence-electron chi connectivity index (χ4n) is 1.74. The van der Waals surface area contributed by atoms with E-state index in [1.54, 1.807) is 24.3 Å². The van der Waals surface area contributed by atoms with Crippen molar-refractivity contribution in [2.24, 2.45) is 5.73 Å². The van der Waals surface area contributed by atoms with Crippen molar-refractivity contribution in [1.29, 1.82) is 0 Å². The minimum Gasteiger partial charge on any atom is -0.326 e. The van der Waals surface area contributed by atoms with Gasteiger partial charge in [-0.25, -0.2) is 9.18 Å². The van der Waals surface area contributed by atoms with Crippen molar-refractivity contribution in [2.45, 2.75) is 13.5 Å². The van der Waals surface area contributed by atoms with Gasteiger partial charge in [-0.1, -0.05) is 18.2 Å². The molecular weight excluding hydrogens is 257 g/mol. The first-order valence-electron chi connectivity index (χ1n) is 6.21. The van der Waals surface area contributed by atoms with Crippen molar-refractivity contribution in [2.75, 3.05) is 10.6 Å². The number of rotatable bonds is 3. The molecule has 2 aromatic carbocycles. The number of nitrogens with one attached hydrogen (secondary N) is 2. The van der Waals surface area contributed by atoms with Gasteiger partial charge < -0.3 is 16.4 Å². The number of hydrogen-bond donors (Lipinski definition) is 3. The van der Waals surface area contributed by atoms with Gasteiger partial charge in [0.15, 0.2) is 0 Å². The van der Waals surface area contributed by atoms with E-state index >= 15 is 0 Å². The van der Waals surface area contributed by atoms with Gasteiger partial charge in [0, 0.05) is 12.2 Å². The molecule has 20 heavy (non-hydrogen) atoms. The minimum atomic E-state index is -0.491. The lowest BCUT2D eigenvalue weighted by Crippen LogP contribution is -2.20. The summed E-state index contributed by atoms with van der Waals surface area (Å²) in [5, 5.41) is 5.11. The van der Waals surface area contributed by atoms with Crippen LogP contribution in [0.4, 0.5) is 20.6 Å². The maximum atomic E-state index is 13.5. The molecule has 0 atom stereocenters. The molecule has 0 aliphatic carbocycles. The molecule has 2 rings (SSSR count). The lowest BCUT2D eigenvalue weighted by atomic mass is 10.2. The van der Waals surface area contributed by atoms with Crippen LogP contribution in [0.1, 0.15) is 11.1 Å². The first-order chi connectivity index (χ1) is 9.58. The molecule has 4 nitrogen and oxygen atoms in total. The van der Waals surface area contributed by atoms with E-state index in [1.165, 1.54) is 6.07 Å². The number of amides is 2. The van der Waals surface area contributed by atoms with Gasteiger partial charge in [0.2, 0.25) is 0 Å². The van der Waals surface area contributed by atoms with Crippen LogP contribution in [0, 0.1) is 12.7 Å². The van der Waals surface area contributed by atoms with Crippen molar-refractivity contribution in [3.05, 3.63) is 59.4 Å². The molecule has 0 fully saturated rings. The first kappa shape index (κ1) is 14.0.